The summed E-state index contributed by atoms with van der Waals surface area (Å²) in [5.41, 5.74) is 13.1. The Kier molecular flexibility index (Phi) is 7.47. The number of rotatable bonds is 6. The molecular formula is C50H32N2O. The Bertz CT molecular complexity index is 2950. The predicted molar refractivity (Wildman–Crippen MR) is 219 cm³/mol. The summed E-state index contributed by atoms with van der Waals surface area (Å²) in [6.45, 7) is 0. The second-order valence-corrected chi connectivity index (χ2v) is 13.4. The zero-order chi connectivity index (χ0) is 35.1. The van der Waals surface area contributed by atoms with Gasteiger partial charge in [0.15, 0.2) is 5.82 Å². The van der Waals surface area contributed by atoms with Crippen LogP contribution in [0, 0.1) is 0 Å². The minimum absolute atomic E-state index is 0.683. The van der Waals surface area contributed by atoms with Gasteiger partial charge in [-0.25, -0.2) is 9.97 Å². The van der Waals surface area contributed by atoms with Crippen molar-refractivity contribution in [3.8, 4) is 67.3 Å². The molecule has 10 rings (SSSR count). The van der Waals surface area contributed by atoms with Crippen molar-refractivity contribution < 1.29 is 4.42 Å². The van der Waals surface area contributed by atoms with Crippen LogP contribution in [0.1, 0.15) is 0 Å². The molecule has 10 aromatic rings. The second kappa shape index (κ2) is 12.9. The fourth-order valence-electron chi connectivity index (χ4n) is 7.47. The van der Waals surface area contributed by atoms with Crippen LogP contribution < -0.4 is 0 Å². The van der Waals surface area contributed by atoms with Crippen molar-refractivity contribution in [1.29, 1.82) is 0 Å². The first kappa shape index (κ1) is 30.7. The van der Waals surface area contributed by atoms with Crippen LogP contribution in [0.15, 0.2) is 199 Å². The molecular weight excluding hydrogens is 645 g/mol. The van der Waals surface area contributed by atoms with Crippen molar-refractivity contribution in [3.63, 3.8) is 0 Å². The van der Waals surface area contributed by atoms with E-state index in [9.17, 15) is 0 Å². The number of benzene rings is 8. The number of para-hydroxylation sites is 2. The van der Waals surface area contributed by atoms with E-state index in [0.717, 1.165) is 72.3 Å². The van der Waals surface area contributed by atoms with Gasteiger partial charge < -0.3 is 4.42 Å². The van der Waals surface area contributed by atoms with Gasteiger partial charge in [0.1, 0.15) is 11.2 Å². The molecule has 2 heterocycles. The van der Waals surface area contributed by atoms with Crippen molar-refractivity contribution in [2.45, 2.75) is 0 Å². The lowest BCUT2D eigenvalue weighted by atomic mass is 9.90. The molecule has 3 heteroatoms. The van der Waals surface area contributed by atoms with E-state index in [2.05, 4.69) is 164 Å². The van der Waals surface area contributed by atoms with Crippen molar-refractivity contribution in [3.05, 3.63) is 194 Å². The Morgan fingerprint density at radius 1 is 0.321 bits per heavy atom. The van der Waals surface area contributed by atoms with E-state index >= 15 is 0 Å². The Morgan fingerprint density at radius 2 is 0.887 bits per heavy atom. The summed E-state index contributed by atoms with van der Waals surface area (Å²) in [5, 5.41) is 4.58. The molecule has 2 aromatic heterocycles. The molecule has 0 radical (unpaired) electrons. The minimum Gasteiger partial charge on any atom is -0.455 e. The molecule has 0 amide bonds. The molecule has 0 N–H and O–H groups in total. The fourth-order valence-corrected chi connectivity index (χ4v) is 7.47. The summed E-state index contributed by atoms with van der Waals surface area (Å²) < 4.78 is 6.59. The molecule has 0 fully saturated rings. The van der Waals surface area contributed by atoms with Crippen LogP contribution in [0.25, 0.3) is 100.0 Å². The van der Waals surface area contributed by atoms with Crippen LogP contribution in [0.2, 0.25) is 0 Å². The van der Waals surface area contributed by atoms with Crippen molar-refractivity contribution in [2.24, 2.45) is 0 Å². The van der Waals surface area contributed by atoms with E-state index in [1.807, 2.05) is 30.3 Å². The maximum atomic E-state index is 6.59. The number of hydrogen-bond acceptors (Lipinski definition) is 3. The molecule has 0 saturated carbocycles. The molecule has 0 aliphatic carbocycles. The smallest absolute Gasteiger partial charge is 0.160 e. The largest absolute Gasteiger partial charge is 0.455 e. The average molecular weight is 677 g/mol. The first-order valence-corrected chi connectivity index (χ1v) is 17.9. The van der Waals surface area contributed by atoms with Crippen molar-refractivity contribution in [1.82, 2.24) is 9.97 Å². The normalized spacial score (nSPS) is 11.4. The third-order valence-electron chi connectivity index (χ3n) is 10.1. The van der Waals surface area contributed by atoms with Crippen molar-refractivity contribution >= 4 is 32.7 Å². The highest BCUT2D eigenvalue weighted by Crippen LogP contribution is 2.41. The molecule has 0 spiro atoms. The average Bonchev–Trinajstić information content (AvgIpc) is 3.63. The lowest BCUT2D eigenvalue weighted by molar-refractivity contribution is 0.670. The second-order valence-electron chi connectivity index (χ2n) is 13.4. The van der Waals surface area contributed by atoms with Gasteiger partial charge in [0.2, 0.25) is 0 Å². The summed E-state index contributed by atoms with van der Waals surface area (Å²) in [4.78, 5) is 10.4. The maximum Gasteiger partial charge on any atom is 0.160 e. The lowest BCUT2D eigenvalue weighted by Gasteiger charge is -2.15. The number of fused-ring (bicyclic) bond motifs is 4. The zero-order valence-electron chi connectivity index (χ0n) is 28.8. The van der Waals surface area contributed by atoms with Gasteiger partial charge in [-0.2, -0.15) is 0 Å². The van der Waals surface area contributed by atoms with E-state index in [-0.39, 0.29) is 0 Å². The molecule has 0 saturated heterocycles. The Labute approximate surface area is 307 Å². The highest BCUT2D eigenvalue weighted by molar-refractivity contribution is 6.10. The van der Waals surface area contributed by atoms with Crippen LogP contribution in [0.3, 0.4) is 0 Å². The van der Waals surface area contributed by atoms with Gasteiger partial charge in [-0.1, -0.05) is 158 Å². The molecule has 8 aromatic carbocycles. The molecule has 3 nitrogen and oxygen atoms in total. The van der Waals surface area contributed by atoms with E-state index in [1.54, 1.807) is 0 Å². The summed E-state index contributed by atoms with van der Waals surface area (Å²) in [6, 6.07) is 68.1. The molecule has 0 aliphatic heterocycles. The quantitative estimate of drug-likeness (QED) is 0.176. The molecule has 0 aliphatic rings. The van der Waals surface area contributed by atoms with E-state index in [1.165, 1.54) is 21.9 Å². The molecule has 0 unspecified atom stereocenters. The van der Waals surface area contributed by atoms with Gasteiger partial charge in [0, 0.05) is 33.0 Å². The fraction of sp³-hybridized carbons (Fsp3) is 0. The van der Waals surface area contributed by atoms with Gasteiger partial charge >= 0.3 is 0 Å². The Morgan fingerprint density at radius 3 is 1.68 bits per heavy atom. The topological polar surface area (TPSA) is 38.9 Å². The molecule has 0 atom stereocenters. The summed E-state index contributed by atoms with van der Waals surface area (Å²) in [6.07, 6.45) is 0. The Balaban J connectivity index is 1.24. The first-order chi connectivity index (χ1) is 26.2. The zero-order valence-corrected chi connectivity index (χ0v) is 28.8. The van der Waals surface area contributed by atoms with Crippen LogP contribution in [0.5, 0.6) is 0 Å². The molecule has 53 heavy (non-hydrogen) atoms. The van der Waals surface area contributed by atoms with E-state index < -0.39 is 0 Å². The minimum atomic E-state index is 0.683. The van der Waals surface area contributed by atoms with Gasteiger partial charge in [-0.3, -0.25) is 0 Å². The number of furan rings is 1. The first-order valence-electron chi connectivity index (χ1n) is 17.9. The maximum absolute atomic E-state index is 6.59. The van der Waals surface area contributed by atoms with Crippen LogP contribution in [0.4, 0.5) is 0 Å². The predicted octanol–water partition coefficient (Wildman–Crippen LogP) is 13.5. The number of nitrogens with zero attached hydrogens (tertiary/aromatic N) is 2. The molecule has 0 bridgehead atoms. The van der Waals surface area contributed by atoms with Crippen molar-refractivity contribution in [2.75, 3.05) is 0 Å². The summed E-state index contributed by atoms with van der Waals surface area (Å²) in [7, 11) is 0. The molecule has 248 valence electrons. The van der Waals surface area contributed by atoms with E-state index in [4.69, 9.17) is 14.4 Å². The van der Waals surface area contributed by atoms with Crippen LogP contribution in [-0.4, -0.2) is 9.97 Å². The third kappa shape index (κ3) is 5.65. The Hall–Kier alpha value is -7.10. The highest BCUT2D eigenvalue weighted by atomic mass is 16.3. The summed E-state index contributed by atoms with van der Waals surface area (Å²) >= 11 is 0. The summed E-state index contributed by atoms with van der Waals surface area (Å²) in [5.74, 6) is 0.683. The monoisotopic (exact) mass is 676 g/mol. The van der Waals surface area contributed by atoms with Gasteiger partial charge in [-0.15, -0.1) is 0 Å². The van der Waals surface area contributed by atoms with Crippen LogP contribution in [-0.2, 0) is 0 Å². The van der Waals surface area contributed by atoms with E-state index in [0.29, 0.717) is 5.82 Å². The third-order valence-corrected chi connectivity index (χ3v) is 10.1. The highest BCUT2D eigenvalue weighted by Gasteiger charge is 2.18. The van der Waals surface area contributed by atoms with Gasteiger partial charge in [0.05, 0.1) is 11.4 Å². The number of hydrogen-bond donors (Lipinski definition) is 0. The van der Waals surface area contributed by atoms with Crippen LogP contribution >= 0.6 is 0 Å². The standard InChI is InChI=1S/C50H32N2O/c1-3-15-34(16-4-1)41-20-9-10-21-42(41)38-29-39(43-23-13-24-45-44-22-11-12-25-48(44)53-49(43)45)31-40(30-38)47-32-46(51-50(52-47)35-17-5-2-6-18-35)37-27-26-33-14-7-8-19-36(33)28-37/h1-32H. The van der Waals surface area contributed by atoms with Gasteiger partial charge in [0.25, 0.3) is 0 Å². The number of aromatic nitrogens is 2. The SMILES string of the molecule is c1ccc(-c2nc(-c3cc(-c4ccccc4-c4ccccc4)cc(-c4cccc5c4oc4ccccc45)c3)cc(-c3ccc4ccccc4c3)n2)cc1. The lowest BCUT2D eigenvalue weighted by Crippen LogP contribution is -1.97. The van der Waals surface area contributed by atoms with Gasteiger partial charge in [-0.05, 0) is 75.0 Å².